The third kappa shape index (κ3) is 8.62. The van der Waals surface area contributed by atoms with Gasteiger partial charge in [-0.2, -0.15) is 0 Å². The maximum Gasteiger partial charge on any atom is 0.162 e. The zero-order chi connectivity index (χ0) is 26.6. The summed E-state index contributed by atoms with van der Waals surface area (Å²) in [5.74, 6) is 0.346. The van der Waals surface area contributed by atoms with E-state index >= 15 is 0 Å². The largest absolute Gasteiger partial charge is 0.384 e. The molecule has 0 bridgehead atoms. The lowest BCUT2D eigenvalue weighted by Crippen LogP contribution is -2.35. The molecule has 2 N–H and O–H groups in total. The van der Waals surface area contributed by atoms with Gasteiger partial charge in [-0.1, -0.05) is 44.7 Å². The molecule has 6 nitrogen and oxygen atoms in total. The van der Waals surface area contributed by atoms with E-state index in [4.69, 9.17) is 10.5 Å². The predicted molar refractivity (Wildman–Crippen MR) is 153 cm³/mol. The fourth-order valence-electron chi connectivity index (χ4n) is 4.48. The van der Waals surface area contributed by atoms with Crippen LogP contribution in [0.15, 0.2) is 72.3 Å². The Morgan fingerprint density at radius 3 is 2.65 bits per heavy atom. The van der Waals surface area contributed by atoms with Crippen LogP contribution in [-0.2, 0) is 22.5 Å². The number of pyridine rings is 1. The highest BCUT2D eigenvalue weighted by Gasteiger charge is 2.16. The topological polar surface area (TPSA) is 80.8 Å². The Kier molecular flexibility index (Phi) is 11.0. The minimum atomic E-state index is 0.0734. The number of hydrogen-bond donors (Lipinski definition) is 1. The van der Waals surface area contributed by atoms with E-state index in [9.17, 15) is 4.79 Å². The zero-order valence-corrected chi connectivity index (χ0v) is 22.3. The van der Waals surface area contributed by atoms with Crippen molar-refractivity contribution in [2.45, 2.75) is 52.5 Å². The van der Waals surface area contributed by atoms with Gasteiger partial charge in [-0.05, 0) is 66.1 Å². The van der Waals surface area contributed by atoms with E-state index in [1.165, 1.54) is 5.56 Å². The lowest BCUT2D eigenvalue weighted by atomic mass is 9.90. The summed E-state index contributed by atoms with van der Waals surface area (Å²) in [6.07, 6.45) is 11.3. The number of aliphatic imine (C=N–C) groups is 1. The Hall–Kier alpha value is -3.35. The number of nitrogens with zero attached hydrogens (tertiary/aromatic N) is 3. The van der Waals surface area contributed by atoms with Crippen molar-refractivity contribution in [2.24, 2.45) is 10.7 Å². The van der Waals surface area contributed by atoms with E-state index in [2.05, 4.69) is 59.2 Å². The van der Waals surface area contributed by atoms with Gasteiger partial charge in [0, 0.05) is 55.8 Å². The maximum absolute atomic E-state index is 13.1. The number of benzene rings is 1. The van der Waals surface area contributed by atoms with Crippen LogP contribution in [-0.4, -0.2) is 48.2 Å². The van der Waals surface area contributed by atoms with Crippen molar-refractivity contribution in [3.63, 3.8) is 0 Å². The van der Waals surface area contributed by atoms with Crippen molar-refractivity contribution >= 4 is 17.6 Å². The van der Waals surface area contributed by atoms with Gasteiger partial charge in [-0.15, -0.1) is 0 Å². The van der Waals surface area contributed by atoms with Gasteiger partial charge in [0.1, 0.15) is 5.82 Å². The molecular weight excluding hydrogens is 460 g/mol. The van der Waals surface area contributed by atoms with Gasteiger partial charge < -0.3 is 10.5 Å². The SMILES string of the molecule is C=C(N)/N=C\C(=C/C)CCCC(=O)C(=C)c1cc(-c2cncc(CN3CCOCC3)c2)ccc1CCC. The molecule has 0 aliphatic carbocycles. The van der Waals surface area contributed by atoms with Crippen LogP contribution < -0.4 is 5.73 Å². The van der Waals surface area contributed by atoms with Crippen LogP contribution in [0, 0.1) is 0 Å². The number of rotatable bonds is 13. The molecule has 0 saturated carbocycles. The number of aromatic nitrogens is 1. The zero-order valence-electron chi connectivity index (χ0n) is 22.3. The van der Waals surface area contributed by atoms with Crippen LogP contribution in [0.1, 0.15) is 56.2 Å². The quantitative estimate of drug-likeness (QED) is 0.280. The van der Waals surface area contributed by atoms with E-state index in [0.29, 0.717) is 12.0 Å². The molecule has 196 valence electrons. The molecule has 1 aromatic heterocycles. The summed E-state index contributed by atoms with van der Waals surface area (Å²) in [6, 6.07) is 8.57. The summed E-state index contributed by atoms with van der Waals surface area (Å²) < 4.78 is 5.47. The molecule has 1 saturated heterocycles. The fourth-order valence-corrected chi connectivity index (χ4v) is 4.48. The number of nitrogens with two attached hydrogens (primary N) is 1. The highest BCUT2D eigenvalue weighted by atomic mass is 16.5. The number of ketones is 1. The Labute approximate surface area is 221 Å². The second kappa shape index (κ2) is 14.4. The standard InChI is InChI=1S/C31H40N4O2/c1-5-8-27-11-12-28(29-17-26(19-33-21-29)22-35-13-15-37-16-14-35)18-30(27)23(3)31(36)10-7-9-25(6-2)20-34-24(4)32/h6,11-12,17-21H,3-5,7-10,13-16,22,32H2,1-2H3/b25-6-,34-20-. The second-order valence-corrected chi connectivity index (χ2v) is 9.46. The van der Waals surface area contributed by atoms with Crippen LogP contribution >= 0.6 is 0 Å². The molecule has 0 amide bonds. The summed E-state index contributed by atoms with van der Waals surface area (Å²) >= 11 is 0. The van der Waals surface area contributed by atoms with Crippen molar-refractivity contribution in [3.05, 3.63) is 84.0 Å². The van der Waals surface area contributed by atoms with Crippen LogP contribution in [0.3, 0.4) is 0 Å². The maximum atomic E-state index is 13.1. The number of allylic oxidation sites excluding steroid dienone is 3. The minimum absolute atomic E-state index is 0.0734. The molecule has 3 rings (SSSR count). The third-order valence-electron chi connectivity index (χ3n) is 6.57. The van der Waals surface area contributed by atoms with Gasteiger partial charge in [0.25, 0.3) is 0 Å². The normalized spacial score (nSPS) is 14.7. The van der Waals surface area contributed by atoms with Gasteiger partial charge in [0.05, 0.1) is 13.2 Å². The van der Waals surface area contributed by atoms with Gasteiger partial charge in [-0.25, -0.2) is 4.99 Å². The van der Waals surface area contributed by atoms with Gasteiger partial charge in [-0.3, -0.25) is 14.7 Å². The van der Waals surface area contributed by atoms with E-state index in [0.717, 1.165) is 86.4 Å². The van der Waals surface area contributed by atoms with Crippen LogP contribution in [0.5, 0.6) is 0 Å². The highest BCUT2D eigenvalue weighted by Crippen LogP contribution is 2.29. The molecule has 0 unspecified atom stereocenters. The van der Waals surface area contributed by atoms with E-state index < -0.39 is 0 Å². The molecule has 2 heterocycles. The number of morpholine rings is 1. The number of carbonyl (C=O) groups is 1. The number of ether oxygens (including phenoxy) is 1. The summed E-state index contributed by atoms with van der Waals surface area (Å²) in [7, 11) is 0. The second-order valence-electron chi connectivity index (χ2n) is 9.46. The molecular formula is C31H40N4O2. The third-order valence-corrected chi connectivity index (χ3v) is 6.57. The molecule has 6 heteroatoms. The first-order chi connectivity index (χ1) is 17.9. The summed E-state index contributed by atoms with van der Waals surface area (Å²) in [5, 5.41) is 0. The highest BCUT2D eigenvalue weighted by molar-refractivity contribution is 6.20. The Bertz CT molecular complexity index is 1160. The van der Waals surface area contributed by atoms with Gasteiger partial charge >= 0.3 is 0 Å². The number of aryl methyl sites for hydroxylation is 1. The minimum Gasteiger partial charge on any atom is -0.384 e. The molecule has 2 aromatic rings. The predicted octanol–water partition coefficient (Wildman–Crippen LogP) is 5.73. The summed E-state index contributed by atoms with van der Waals surface area (Å²) in [6.45, 7) is 16.2. The molecule has 1 fully saturated rings. The van der Waals surface area contributed by atoms with Crippen molar-refractivity contribution < 1.29 is 9.53 Å². The Morgan fingerprint density at radius 1 is 1.16 bits per heavy atom. The molecule has 0 atom stereocenters. The number of hydrogen-bond acceptors (Lipinski definition) is 6. The van der Waals surface area contributed by atoms with Crippen LogP contribution in [0.25, 0.3) is 16.7 Å². The van der Waals surface area contributed by atoms with Crippen molar-refractivity contribution in [3.8, 4) is 11.1 Å². The van der Waals surface area contributed by atoms with E-state index in [-0.39, 0.29) is 11.6 Å². The fraction of sp³-hybridized carbons (Fsp3) is 0.387. The van der Waals surface area contributed by atoms with Crippen molar-refractivity contribution in [1.29, 1.82) is 0 Å². The Morgan fingerprint density at radius 2 is 1.95 bits per heavy atom. The molecule has 37 heavy (non-hydrogen) atoms. The molecule has 1 aliphatic heterocycles. The molecule has 1 aliphatic rings. The summed E-state index contributed by atoms with van der Waals surface area (Å²) in [4.78, 5) is 24.1. The van der Waals surface area contributed by atoms with Gasteiger partial charge in [0.15, 0.2) is 5.78 Å². The Balaban J connectivity index is 1.74. The lowest BCUT2D eigenvalue weighted by Gasteiger charge is -2.26. The molecule has 0 radical (unpaired) electrons. The summed E-state index contributed by atoms with van der Waals surface area (Å²) in [5.41, 5.74) is 12.5. The smallest absolute Gasteiger partial charge is 0.162 e. The first kappa shape index (κ1) is 28.2. The average Bonchev–Trinajstić information content (AvgIpc) is 2.91. The molecule has 0 spiro atoms. The molecule has 1 aromatic carbocycles. The first-order valence-electron chi connectivity index (χ1n) is 13.1. The van der Waals surface area contributed by atoms with Gasteiger partial charge in [0.2, 0.25) is 0 Å². The van der Waals surface area contributed by atoms with Crippen LogP contribution in [0.2, 0.25) is 0 Å². The van der Waals surface area contributed by atoms with Crippen molar-refractivity contribution in [2.75, 3.05) is 26.3 Å². The average molecular weight is 501 g/mol. The number of carbonyl (C=O) groups excluding carboxylic acids is 1. The monoisotopic (exact) mass is 500 g/mol. The first-order valence-corrected chi connectivity index (χ1v) is 13.1. The lowest BCUT2D eigenvalue weighted by molar-refractivity contribution is -0.113. The van der Waals surface area contributed by atoms with Crippen LogP contribution in [0.4, 0.5) is 0 Å². The van der Waals surface area contributed by atoms with Crippen molar-refractivity contribution in [1.82, 2.24) is 9.88 Å². The number of Topliss-reactive ketones (excluding diaryl/α,β-unsaturated/α-hetero) is 1. The van der Waals surface area contributed by atoms with E-state index in [1.807, 2.05) is 25.4 Å². The van der Waals surface area contributed by atoms with E-state index in [1.54, 1.807) is 6.21 Å².